The summed E-state index contributed by atoms with van der Waals surface area (Å²) < 4.78 is 6.69. The largest absolute Gasteiger partial charge is 0.434 e. The van der Waals surface area contributed by atoms with Crippen molar-refractivity contribution in [1.82, 2.24) is 25.0 Å². The van der Waals surface area contributed by atoms with Gasteiger partial charge in [0.1, 0.15) is 6.07 Å². The van der Waals surface area contributed by atoms with Crippen molar-refractivity contribution in [2.24, 2.45) is 0 Å². The zero-order valence-corrected chi connectivity index (χ0v) is 19.0. The molecule has 1 aromatic carbocycles. The molecule has 0 amide bonds. The number of halogens is 2. The number of hydrogen-bond acceptors (Lipinski definition) is 7. The van der Waals surface area contributed by atoms with E-state index >= 15 is 0 Å². The lowest BCUT2D eigenvalue weighted by atomic mass is 9.93. The molecule has 3 rings (SSSR count). The number of benzene rings is 1. The smallest absolute Gasteiger partial charge is 0.349 e. The van der Waals surface area contributed by atoms with Crippen LogP contribution in [0.1, 0.15) is 56.4 Å². The Morgan fingerprint density at radius 2 is 1.62 bits per heavy atom. The van der Waals surface area contributed by atoms with Gasteiger partial charge in [-0.05, 0) is 24.0 Å². The van der Waals surface area contributed by atoms with E-state index in [1.54, 1.807) is 6.07 Å². The van der Waals surface area contributed by atoms with Crippen molar-refractivity contribution in [3.63, 3.8) is 0 Å². The van der Waals surface area contributed by atoms with Crippen LogP contribution in [0.15, 0.2) is 26.5 Å². The van der Waals surface area contributed by atoms with E-state index in [4.69, 9.17) is 33.2 Å². The number of rotatable bonds is 5. The third-order valence-electron chi connectivity index (χ3n) is 4.54. The average Bonchev–Trinajstić information content (AvgIpc) is 2.70. The fourth-order valence-electron chi connectivity index (χ4n) is 3.18. The Morgan fingerprint density at radius 1 is 1.03 bits per heavy atom. The highest BCUT2D eigenvalue weighted by molar-refractivity contribution is 6.37. The van der Waals surface area contributed by atoms with Gasteiger partial charge in [0.05, 0.1) is 15.7 Å². The minimum absolute atomic E-state index is 0.0136. The third-order valence-corrected chi connectivity index (χ3v) is 5.10. The summed E-state index contributed by atoms with van der Waals surface area (Å²) in [5.74, 6) is 0.0295. The second-order valence-electron chi connectivity index (χ2n) is 7.47. The van der Waals surface area contributed by atoms with Crippen molar-refractivity contribution in [3.8, 4) is 23.4 Å². The lowest BCUT2D eigenvalue weighted by molar-refractivity contribution is 0.441. The van der Waals surface area contributed by atoms with Gasteiger partial charge in [-0.25, -0.2) is 9.89 Å². The maximum absolute atomic E-state index is 12.3. The Kier molecular flexibility index (Phi) is 6.52. The molecule has 2 heterocycles. The SMILES string of the molecule is CC(C)c1c(Oc2c(Cl)cc(-n3nc(C#N)c(=O)[nH]c3=O)cc2Cl)n[nH]c(=O)c1C(C)C. The lowest BCUT2D eigenvalue weighted by Gasteiger charge is -2.19. The van der Waals surface area contributed by atoms with Crippen LogP contribution >= 0.6 is 23.2 Å². The summed E-state index contributed by atoms with van der Waals surface area (Å²) in [7, 11) is 0. The molecule has 0 aliphatic carbocycles. The molecule has 0 spiro atoms. The Balaban J connectivity index is 2.14. The number of hydrogen-bond donors (Lipinski definition) is 2. The van der Waals surface area contributed by atoms with Crippen LogP contribution in [0.4, 0.5) is 0 Å². The molecule has 0 aliphatic heterocycles. The Hall–Kier alpha value is -3.42. The Morgan fingerprint density at radius 3 is 2.16 bits per heavy atom. The standard InChI is InChI=1S/C20H18Cl2N6O4/c1-8(2)14-15(9(3)4)19(26-25-18(14)30)32-16-11(21)5-10(6-12(16)22)28-20(31)24-17(29)13(7-23)27-28/h5-6,8-9H,1-4H3,(H,25,30)(H,24,29,31). The normalized spacial score (nSPS) is 11.1. The predicted octanol–water partition coefficient (Wildman–Crippen LogP) is 3.22. The molecule has 2 aromatic heterocycles. The summed E-state index contributed by atoms with van der Waals surface area (Å²) in [5.41, 5.74) is -1.32. The van der Waals surface area contributed by atoms with Crippen molar-refractivity contribution in [3.05, 3.63) is 70.2 Å². The predicted molar refractivity (Wildman–Crippen MR) is 118 cm³/mol. The second-order valence-corrected chi connectivity index (χ2v) is 8.28. The molecule has 10 nitrogen and oxygen atoms in total. The van der Waals surface area contributed by atoms with E-state index in [1.807, 2.05) is 32.7 Å². The van der Waals surface area contributed by atoms with Gasteiger partial charge in [0.15, 0.2) is 5.75 Å². The first-order valence-electron chi connectivity index (χ1n) is 9.48. The average molecular weight is 477 g/mol. The molecule has 0 bridgehead atoms. The van der Waals surface area contributed by atoms with E-state index in [1.165, 1.54) is 12.1 Å². The lowest BCUT2D eigenvalue weighted by Crippen LogP contribution is -2.33. The van der Waals surface area contributed by atoms with Gasteiger partial charge >= 0.3 is 5.69 Å². The maximum atomic E-state index is 12.3. The highest BCUT2D eigenvalue weighted by Gasteiger charge is 2.23. The summed E-state index contributed by atoms with van der Waals surface area (Å²) in [6.07, 6.45) is 0. The van der Waals surface area contributed by atoms with Crippen LogP contribution in [0, 0.1) is 11.3 Å². The highest BCUT2D eigenvalue weighted by atomic mass is 35.5. The first-order valence-corrected chi connectivity index (χ1v) is 10.2. The van der Waals surface area contributed by atoms with Gasteiger partial charge in [0, 0.05) is 11.1 Å². The zero-order valence-electron chi connectivity index (χ0n) is 17.5. The molecule has 2 N–H and O–H groups in total. The van der Waals surface area contributed by atoms with Crippen LogP contribution in [0.3, 0.4) is 0 Å². The number of nitrogens with zero attached hydrogens (tertiary/aromatic N) is 4. The molecule has 166 valence electrons. The first-order chi connectivity index (χ1) is 15.0. The zero-order chi connectivity index (χ0) is 23.7. The van der Waals surface area contributed by atoms with Gasteiger partial charge in [-0.15, -0.1) is 10.2 Å². The summed E-state index contributed by atoms with van der Waals surface area (Å²) in [6, 6.07) is 4.27. The molecule has 3 aromatic rings. The van der Waals surface area contributed by atoms with E-state index in [9.17, 15) is 14.4 Å². The molecule has 0 saturated carbocycles. The van der Waals surface area contributed by atoms with Gasteiger partial charge < -0.3 is 4.74 Å². The van der Waals surface area contributed by atoms with Gasteiger partial charge in [0.2, 0.25) is 11.6 Å². The molecular weight excluding hydrogens is 459 g/mol. The van der Waals surface area contributed by atoms with Crippen molar-refractivity contribution < 1.29 is 4.74 Å². The molecular formula is C20H18Cl2N6O4. The van der Waals surface area contributed by atoms with Crippen LogP contribution < -0.4 is 21.5 Å². The van der Waals surface area contributed by atoms with E-state index in [-0.39, 0.29) is 44.8 Å². The van der Waals surface area contributed by atoms with Gasteiger partial charge in [0.25, 0.3) is 11.1 Å². The molecule has 0 fully saturated rings. The summed E-state index contributed by atoms with van der Waals surface area (Å²) in [4.78, 5) is 38.0. The molecule has 0 unspecified atom stereocenters. The van der Waals surface area contributed by atoms with Crippen LogP contribution in [0.2, 0.25) is 10.0 Å². The topological polar surface area (TPSA) is 147 Å². The minimum Gasteiger partial charge on any atom is -0.434 e. The number of nitriles is 1. The first kappa shape index (κ1) is 23.2. The molecule has 0 aliphatic rings. The summed E-state index contributed by atoms with van der Waals surface area (Å²) in [5, 5.41) is 19.2. The van der Waals surface area contributed by atoms with E-state index in [0.29, 0.717) is 11.1 Å². The number of nitrogens with one attached hydrogen (secondary N) is 2. The number of ether oxygens (including phenoxy) is 1. The van der Waals surface area contributed by atoms with Crippen LogP contribution in [0.25, 0.3) is 5.69 Å². The minimum atomic E-state index is -0.905. The van der Waals surface area contributed by atoms with Crippen molar-refractivity contribution in [2.75, 3.05) is 0 Å². The Bertz CT molecular complexity index is 1390. The summed E-state index contributed by atoms with van der Waals surface area (Å²) >= 11 is 12.7. The Labute approximate surface area is 191 Å². The number of aromatic amines is 2. The highest BCUT2D eigenvalue weighted by Crippen LogP contribution is 2.40. The monoisotopic (exact) mass is 476 g/mol. The van der Waals surface area contributed by atoms with E-state index in [0.717, 1.165) is 4.68 Å². The third kappa shape index (κ3) is 4.30. The second kappa shape index (κ2) is 8.98. The van der Waals surface area contributed by atoms with Crippen molar-refractivity contribution >= 4 is 23.2 Å². The molecule has 32 heavy (non-hydrogen) atoms. The van der Waals surface area contributed by atoms with Crippen LogP contribution in [-0.4, -0.2) is 25.0 Å². The van der Waals surface area contributed by atoms with Gasteiger partial charge in [-0.2, -0.15) is 9.94 Å². The fraction of sp³-hybridized carbons (Fsp3) is 0.300. The van der Waals surface area contributed by atoms with Gasteiger partial charge in [-0.3, -0.25) is 14.6 Å². The number of H-pyrrole nitrogens is 2. The van der Waals surface area contributed by atoms with Crippen molar-refractivity contribution in [2.45, 2.75) is 39.5 Å². The van der Waals surface area contributed by atoms with E-state index in [2.05, 4.69) is 15.3 Å². The van der Waals surface area contributed by atoms with Gasteiger partial charge in [-0.1, -0.05) is 50.9 Å². The molecule has 12 heteroatoms. The van der Waals surface area contributed by atoms with Crippen LogP contribution in [-0.2, 0) is 0 Å². The molecule has 0 atom stereocenters. The molecule has 0 saturated heterocycles. The quantitative estimate of drug-likeness (QED) is 0.574. The van der Waals surface area contributed by atoms with Crippen molar-refractivity contribution in [1.29, 1.82) is 5.26 Å². The van der Waals surface area contributed by atoms with E-state index < -0.39 is 16.9 Å². The number of aromatic nitrogens is 5. The van der Waals surface area contributed by atoms with Crippen LogP contribution in [0.5, 0.6) is 11.6 Å². The summed E-state index contributed by atoms with van der Waals surface area (Å²) in [6.45, 7) is 7.59. The maximum Gasteiger partial charge on any atom is 0.349 e. The molecule has 0 radical (unpaired) electrons. The fourth-order valence-corrected chi connectivity index (χ4v) is 3.73.